The van der Waals surface area contributed by atoms with Gasteiger partial charge in [0, 0.05) is 18.6 Å². The van der Waals surface area contributed by atoms with E-state index in [4.69, 9.17) is 4.84 Å². The number of hydrogen-bond acceptors (Lipinski definition) is 4. The highest BCUT2D eigenvalue weighted by molar-refractivity contribution is 5.96. The summed E-state index contributed by atoms with van der Waals surface area (Å²) < 4.78 is 1.69. The zero-order valence-corrected chi connectivity index (χ0v) is 11.8. The third-order valence-corrected chi connectivity index (χ3v) is 2.58. The van der Waals surface area contributed by atoms with Crippen molar-refractivity contribution in [2.24, 2.45) is 7.05 Å². The lowest BCUT2D eigenvalue weighted by Gasteiger charge is -2.18. The quantitative estimate of drug-likeness (QED) is 0.837. The summed E-state index contributed by atoms with van der Waals surface area (Å²) >= 11 is 0. The number of rotatable bonds is 2. The topological polar surface area (TPSA) is 69.0 Å². The predicted octanol–water partition coefficient (Wildman–Crippen LogP) is 1.74. The van der Waals surface area contributed by atoms with Crippen molar-refractivity contribution in [3.05, 3.63) is 23.5 Å². The first-order valence-corrected chi connectivity index (χ1v) is 6.05. The highest BCUT2D eigenvalue weighted by Crippen LogP contribution is 2.16. The molecule has 0 fully saturated rings. The zero-order chi connectivity index (χ0) is 14.2. The molecule has 6 nitrogen and oxygen atoms in total. The Morgan fingerprint density at radius 2 is 2.11 bits per heavy atom. The van der Waals surface area contributed by atoms with Crippen molar-refractivity contribution in [3.63, 3.8) is 0 Å². The first kappa shape index (κ1) is 13.5. The molecule has 0 unspecified atom stereocenters. The molecule has 2 rings (SSSR count). The zero-order valence-electron chi connectivity index (χ0n) is 11.8. The van der Waals surface area contributed by atoms with E-state index in [1.54, 1.807) is 10.7 Å². The van der Waals surface area contributed by atoms with Crippen molar-refractivity contribution in [1.82, 2.24) is 20.2 Å². The molecule has 0 aromatic carbocycles. The van der Waals surface area contributed by atoms with Crippen molar-refractivity contribution in [1.29, 1.82) is 0 Å². The molecule has 1 N–H and O–H groups in total. The molecule has 0 aliphatic rings. The molecule has 2 aromatic heterocycles. The van der Waals surface area contributed by atoms with Gasteiger partial charge < -0.3 is 0 Å². The van der Waals surface area contributed by atoms with E-state index in [1.165, 1.54) is 6.20 Å². The normalized spacial score (nSPS) is 11.8. The van der Waals surface area contributed by atoms with Gasteiger partial charge in [0.2, 0.25) is 0 Å². The minimum Gasteiger partial charge on any atom is -0.268 e. The van der Waals surface area contributed by atoms with Crippen LogP contribution in [0.4, 0.5) is 0 Å². The van der Waals surface area contributed by atoms with E-state index in [2.05, 4.69) is 15.6 Å². The Morgan fingerprint density at radius 1 is 1.42 bits per heavy atom. The van der Waals surface area contributed by atoms with Crippen LogP contribution in [0.15, 0.2) is 12.3 Å². The Bertz CT molecular complexity index is 625. The monoisotopic (exact) mass is 262 g/mol. The lowest BCUT2D eigenvalue weighted by molar-refractivity contribution is -0.0589. The highest BCUT2D eigenvalue weighted by Gasteiger charge is 2.15. The number of fused-ring (bicyclic) bond motifs is 1. The number of aryl methyl sites for hydroxylation is 2. The van der Waals surface area contributed by atoms with Crippen LogP contribution in [0, 0.1) is 6.92 Å². The molecule has 0 radical (unpaired) electrons. The van der Waals surface area contributed by atoms with E-state index in [0.29, 0.717) is 5.56 Å². The molecule has 19 heavy (non-hydrogen) atoms. The summed E-state index contributed by atoms with van der Waals surface area (Å²) in [5.41, 5.74) is 4.04. The van der Waals surface area contributed by atoms with Gasteiger partial charge in [0.05, 0.1) is 16.9 Å². The number of hydrogen-bond donors (Lipinski definition) is 1. The number of carbonyl (C=O) groups is 1. The Morgan fingerprint density at radius 3 is 2.74 bits per heavy atom. The van der Waals surface area contributed by atoms with Crippen LogP contribution < -0.4 is 5.48 Å². The second-order valence-corrected chi connectivity index (χ2v) is 5.45. The van der Waals surface area contributed by atoms with Gasteiger partial charge in [-0.05, 0) is 33.8 Å². The maximum Gasteiger partial charge on any atom is 0.276 e. The molecular formula is C13H18N4O2. The number of amides is 1. The van der Waals surface area contributed by atoms with Crippen LogP contribution in [0.1, 0.15) is 36.8 Å². The molecule has 0 saturated heterocycles. The Kier molecular flexibility index (Phi) is 3.28. The van der Waals surface area contributed by atoms with E-state index in [1.807, 2.05) is 34.7 Å². The summed E-state index contributed by atoms with van der Waals surface area (Å²) in [7, 11) is 1.82. The molecule has 0 bridgehead atoms. The van der Waals surface area contributed by atoms with E-state index >= 15 is 0 Å². The fraction of sp³-hybridized carbons (Fsp3) is 0.462. The van der Waals surface area contributed by atoms with Crippen molar-refractivity contribution in [2.75, 3.05) is 0 Å². The van der Waals surface area contributed by atoms with Crippen molar-refractivity contribution in [2.45, 2.75) is 33.3 Å². The number of hydroxylamine groups is 1. The maximum atomic E-state index is 11.9. The third-order valence-electron chi connectivity index (χ3n) is 2.58. The summed E-state index contributed by atoms with van der Waals surface area (Å²) in [6.45, 7) is 7.47. The van der Waals surface area contributed by atoms with Gasteiger partial charge in [-0.25, -0.2) is 10.5 Å². The molecule has 2 aromatic rings. The van der Waals surface area contributed by atoms with Gasteiger partial charge in [0.1, 0.15) is 0 Å². The van der Waals surface area contributed by atoms with E-state index < -0.39 is 5.60 Å². The predicted molar refractivity (Wildman–Crippen MR) is 71.6 cm³/mol. The van der Waals surface area contributed by atoms with Gasteiger partial charge in [0.25, 0.3) is 5.91 Å². The standard InChI is InChI=1S/C13H18N4O2/c1-8-10-6-9(7-14-11(10)17(5)15-8)12(18)16-19-13(2,3)4/h6-7H,1-5H3,(H,16,18). The number of carbonyl (C=O) groups excluding carboxylic acids is 1. The van der Waals surface area contributed by atoms with E-state index in [9.17, 15) is 4.79 Å². The van der Waals surface area contributed by atoms with Crippen LogP contribution >= 0.6 is 0 Å². The molecule has 0 spiro atoms. The summed E-state index contributed by atoms with van der Waals surface area (Å²) in [5.74, 6) is -0.312. The molecule has 6 heteroatoms. The first-order valence-electron chi connectivity index (χ1n) is 6.05. The van der Waals surface area contributed by atoms with Gasteiger partial charge in [-0.15, -0.1) is 0 Å². The Balaban J connectivity index is 2.26. The molecule has 2 heterocycles. The molecule has 1 amide bonds. The van der Waals surface area contributed by atoms with Crippen molar-refractivity contribution in [3.8, 4) is 0 Å². The molecule has 0 aliphatic carbocycles. The summed E-state index contributed by atoms with van der Waals surface area (Å²) in [6.07, 6.45) is 1.52. The highest BCUT2D eigenvalue weighted by atomic mass is 16.7. The van der Waals surface area contributed by atoms with Crippen molar-refractivity contribution >= 4 is 16.9 Å². The van der Waals surface area contributed by atoms with Gasteiger partial charge in [-0.2, -0.15) is 5.10 Å². The van der Waals surface area contributed by atoms with Gasteiger partial charge in [-0.1, -0.05) is 0 Å². The number of aromatic nitrogens is 3. The van der Waals surface area contributed by atoms with Gasteiger partial charge >= 0.3 is 0 Å². The maximum absolute atomic E-state index is 11.9. The summed E-state index contributed by atoms with van der Waals surface area (Å²) in [5, 5.41) is 5.13. The Labute approximate surface area is 111 Å². The SMILES string of the molecule is Cc1nn(C)c2ncc(C(=O)NOC(C)(C)C)cc12. The smallest absolute Gasteiger partial charge is 0.268 e. The molecule has 102 valence electrons. The number of nitrogens with one attached hydrogen (secondary N) is 1. The average Bonchev–Trinajstić information content (AvgIpc) is 2.61. The van der Waals surface area contributed by atoms with Crippen LogP contribution in [-0.4, -0.2) is 26.3 Å². The minimum absolute atomic E-state index is 0.312. The van der Waals surface area contributed by atoms with Crippen LogP contribution in [0.5, 0.6) is 0 Å². The van der Waals surface area contributed by atoms with Gasteiger partial charge in [-0.3, -0.25) is 14.3 Å². The van der Waals surface area contributed by atoms with Gasteiger partial charge in [0.15, 0.2) is 5.65 Å². The lowest BCUT2D eigenvalue weighted by Crippen LogP contribution is -2.33. The molecular weight excluding hydrogens is 244 g/mol. The Hall–Kier alpha value is -1.95. The van der Waals surface area contributed by atoms with Crippen LogP contribution in [-0.2, 0) is 11.9 Å². The van der Waals surface area contributed by atoms with Crippen LogP contribution in [0.25, 0.3) is 11.0 Å². The second-order valence-electron chi connectivity index (χ2n) is 5.45. The molecule has 0 aliphatic heterocycles. The summed E-state index contributed by atoms with van der Waals surface area (Å²) in [6, 6.07) is 1.77. The second kappa shape index (κ2) is 4.62. The molecule has 0 atom stereocenters. The largest absolute Gasteiger partial charge is 0.276 e. The fourth-order valence-electron chi connectivity index (χ4n) is 1.69. The first-order chi connectivity index (χ1) is 8.78. The number of pyridine rings is 1. The lowest BCUT2D eigenvalue weighted by atomic mass is 10.2. The van der Waals surface area contributed by atoms with E-state index in [-0.39, 0.29) is 5.91 Å². The average molecular weight is 262 g/mol. The molecule has 0 saturated carbocycles. The third kappa shape index (κ3) is 2.90. The van der Waals surface area contributed by atoms with E-state index in [0.717, 1.165) is 16.7 Å². The van der Waals surface area contributed by atoms with Crippen LogP contribution in [0.2, 0.25) is 0 Å². The fourth-order valence-corrected chi connectivity index (χ4v) is 1.69. The van der Waals surface area contributed by atoms with Crippen molar-refractivity contribution < 1.29 is 9.63 Å². The summed E-state index contributed by atoms with van der Waals surface area (Å²) in [4.78, 5) is 21.4. The van der Waals surface area contributed by atoms with Crippen LogP contribution in [0.3, 0.4) is 0 Å². The minimum atomic E-state index is -0.433. The number of nitrogens with zero attached hydrogens (tertiary/aromatic N) is 3.